The molecule has 0 aliphatic carbocycles. The highest BCUT2D eigenvalue weighted by Crippen LogP contribution is 2.19. The number of benzene rings is 1. The van der Waals surface area contributed by atoms with E-state index in [0.29, 0.717) is 10.6 Å². The predicted octanol–water partition coefficient (Wildman–Crippen LogP) is 2.21. The zero-order chi connectivity index (χ0) is 14.7. The standard InChI is InChI=1S/C12H8ClN3O4/c13-8-4-2-1-3-7(8)5-6-9-14-11(17)10(16(19)20)12(18)15-9/h1-6H,(H2,14,15,17,18)/b6-5+. The van der Waals surface area contributed by atoms with Crippen molar-refractivity contribution in [1.82, 2.24) is 9.97 Å². The fraction of sp³-hybridized carbons (Fsp3) is 0. The van der Waals surface area contributed by atoms with E-state index >= 15 is 0 Å². The van der Waals surface area contributed by atoms with E-state index in [1.807, 2.05) is 0 Å². The summed E-state index contributed by atoms with van der Waals surface area (Å²) in [6.45, 7) is 0. The second kappa shape index (κ2) is 5.54. The third kappa shape index (κ3) is 2.83. The van der Waals surface area contributed by atoms with E-state index in [1.165, 1.54) is 6.08 Å². The molecule has 2 rings (SSSR count). The first kappa shape index (κ1) is 13.8. The van der Waals surface area contributed by atoms with E-state index in [4.69, 9.17) is 11.6 Å². The molecule has 2 N–H and O–H groups in total. The topological polar surface area (TPSA) is 109 Å². The summed E-state index contributed by atoms with van der Waals surface area (Å²) in [5.41, 5.74) is -1.34. The number of halogens is 1. The summed E-state index contributed by atoms with van der Waals surface area (Å²) < 4.78 is 0. The van der Waals surface area contributed by atoms with Gasteiger partial charge in [-0.1, -0.05) is 29.8 Å². The average molecular weight is 294 g/mol. The van der Waals surface area contributed by atoms with Gasteiger partial charge in [-0.2, -0.15) is 4.98 Å². The number of hydrogen-bond donors (Lipinski definition) is 2. The summed E-state index contributed by atoms with van der Waals surface area (Å²) in [6, 6.07) is 6.96. The third-order valence-corrected chi connectivity index (χ3v) is 2.75. The SMILES string of the molecule is O=c1[nH]c(/C=C/c2ccccc2Cl)nc(O)c1[N+](=O)[O-]. The molecule has 1 aromatic carbocycles. The van der Waals surface area contributed by atoms with Gasteiger partial charge >= 0.3 is 11.2 Å². The number of H-pyrrole nitrogens is 1. The molecule has 1 aromatic heterocycles. The van der Waals surface area contributed by atoms with Crippen LogP contribution in [0.3, 0.4) is 0 Å². The molecule has 0 aliphatic rings. The summed E-state index contributed by atoms with van der Waals surface area (Å²) in [5.74, 6) is -0.949. The lowest BCUT2D eigenvalue weighted by atomic mass is 10.2. The second-order valence-corrected chi connectivity index (χ2v) is 4.14. The lowest BCUT2D eigenvalue weighted by Crippen LogP contribution is -2.14. The minimum absolute atomic E-state index is 0.0157. The van der Waals surface area contributed by atoms with Crippen LogP contribution in [-0.4, -0.2) is 20.0 Å². The summed E-state index contributed by atoms with van der Waals surface area (Å²) in [6.07, 6.45) is 2.94. The lowest BCUT2D eigenvalue weighted by molar-refractivity contribution is -0.387. The Bertz CT molecular complexity index is 755. The highest BCUT2D eigenvalue weighted by atomic mass is 35.5. The highest BCUT2D eigenvalue weighted by molar-refractivity contribution is 6.32. The molecule has 0 saturated heterocycles. The summed E-state index contributed by atoms with van der Waals surface area (Å²) in [4.78, 5) is 26.7. The van der Waals surface area contributed by atoms with Crippen molar-refractivity contribution in [1.29, 1.82) is 0 Å². The van der Waals surface area contributed by atoms with E-state index in [2.05, 4.69) is 9.97 Å². The second-order valence-electron chi connectivity index (χ2n) is 3.74. The molecule has 1 heterocycles. The first-order valence-corrected chi connectivity index (χ1v) is 5.77. The number of nitrogens with one attached hydrogen (secondary N) is 1. The molecule has 7 nitrogen and oxygen atoms in total. The number of aromatic hydroxyl groups is 1. The predicted molar refractivity (Wildman–Crippen MR) is 73.6 cm³/mol. The molecule has 0 atom stereocenters. The summed E-state index contributed by atoms with van der Waals surface area (Å²) in [7, 11) is 0. The van der Waals surface area contributed by atoms with Crippen LogP contribution in [0.25, 0.3) is 12.2 Å². The molecule has 0 aliphatic heterocycles. The van der Waals surface area contributed by atoms with E-state index in [0.717, 1.165) is 0 Å². The molecule has 0 fully saturated rings. The van der Waals surface area contributed by atoms with Gasteiger partial charge in [-0.05, 0) is 23.8 Å². The molecule has 0 unspecified atom stereocenters. The Hall–Kier alpha value is -2.67. The Morgan fingerprint density at radius 1 is 1.35 bits per heavy atom. The Labute approximate surface area is 117 Å². The molecule has 20 heavy (non-hydrogen) atoms. The molecule has 0 spiro atoms. The van der Waals surface area contributed by atoms with Gasteiger partial charge in [-0.25, -0.2) is 0 Å². The van der Waals surface area contributed by atoms with Crippen molar-refractivity contribution >= 4 is 29.4 Å². The van der Waals surface area contributed by atoms with Gasteiger partial charge in [0.2, 0.25) is 0 Å². The number of hydrogen-bond acceptors (Lipinski definition) is 5. The number of aromatic amines is 1. The van der Waals surface area contributed by atoms with Gasteiger partial charge in [0.1, 0.15) is 5.82 Å². The van der Waals surface area contributed by atoms with Crippen LogP contribution in [0.1, 0.15) is 11.4 Å². The van der Waals surface area contributed by atoms with Crippen LogP contribution >= 0.6 is 11.6 Å². The van der Waals surface area contributed by atoms with Crippen LogP contribution in [-0.2, 0) is 0 Å². The average Bonchev–Trinajstić information content (AvgIpc) is 2.36. The van der Waals surface area contributed by atoms with E-state index < -0.39 is 22.0 Å². The quantitative estimate of drug-likeness (QED) is 0.666. The highest BCUT2D eigenvalue weighted by Gasteiger charge is 2.21. The molecule has 0 bridgehead atoms. The van der Waals surface area contributed by atoms with Gasteiger partial charge in [0, 0.05) is 5.02 Å². The van der Waals surface area contributed by atoms with Gasteiger partial charge in [0.15, 0.2) is 0 Å². The number of aromatic nitrogens is 2. The van der Waals surface area contributed by atoms with Crippen molar-refractivity contribution in [3.63, 3.8) is 0 Å². The maximum Gasteiger partial charge on any atom is 0.395 e. The molecular formula is C12H8ClN3O4. The Morgan fingerprint density at radius 3 is 2.65 bits per heavy atom. The molecule has 0 saturated carbocycles. The molecule has 0 amide bonds. The van der Waals surface area contributed by atoms with Crippen LogP contribution in [0.5, 0.6) is 5.88 Å². The third-order valence-electron chi connectivity index (χ3n) is 2.40. The van der Waals surface area contributed by atoms with Crippen molar-refractivity contribution in [2.45, 2.75) is 0 Å². The fourth-order valence-corrected chi connectivity index (χ4v) is 1.69. The summed E-state index contributed by atoms with van der Waals surface area (Å²) in [5, 5.41) is 20.4. The number of rotatable bonds is 3. The molecule has 2 aromatic rings. The molecular weight excluding hydrogens is 286 g/mol. The lowest BCUT2D eigenvalue weighted by Gasteiger charge is -1.98. The number of nitro groups is 1. The minimum atomic E-state index is -1.03. The molecule has 8 heteroatoms. The van der Waals surface area contributed by atoms with Crippen molar-refractivity contribution in [3.05, 3.63) is 61.1 Å². The zero-order valence-corrected chi connectivity index (χ0v) is 10.7. The first-order valence-electron chi connectivity index (χ1n) is 5.39. The maximum absolute atomic E-state index is 11.4. The van der Waals surface area contributed by atoms with Gasteiger partial charge in [-0.15, -0.1) is 0 Å². The van der Waals surface area contributed by atoms with Crippen LogP contribution in [0.15, 0.2) is 29.1 Å². The maximum atomic E-state index is 11.4. The van der Waals surface area contributed by atoms with Crippen LogP contribution in [0.2, 0.25) is 5.02 Å². The van der Waals surface area contributed by atoms with Crippen LogP contribution < -0.4 is 5.56 Å². The summed E-state index contributed by atoms with van der Waals surface area (Å²) >= 11 is 5.94. The van der Waals surface area contributed by atoms with Crippen molar-refractivity contribution in [2.75, 3.05) is 0 Å². The molecule has 102 valence electrons. The van der Waals surface area contributed by atoms with Crippen molar-refractivity contribution in [3.8, 4) is 5.88 Å². The van der Waals surface area contributed by atoms with Gasteiger partial charge in [0.25, 0.3) is 5.88 Å². The monoisotopic (exact) mass is 293 g/mol. The van der Waals surface area contributed by atoms with Gasteiger partial charge in [-0.3, -0.25) is 14.9 Å². The Morgan fingerprint density at radius 2 is 2.05 bits per heavy atom. The number of nitrogens with zero attached hydrogens (tertiary/aromatic N) is 2. The van der Waals surface area contributed by atoms with Crippen LogP contribution in [0, 0.1) is 10.1 Å². The van der Waals surface area contributed by atoms with Crippen molar-refractivity contribution < 1.29 is 10.0 Å². The fourth-order valence-electron chi connectivity index (χ4n) is 1.49. The van der Waals surface area contributed by atoms with Gasteiger partial charge in [0.05, 0.1) is 4.92 Å². The largest absolute Gasteiger partial charge is 0.488 e. The molecule has 0 radical (unpaired) electrons. The van der Waals surface area contributed by atoms with E-state index in [-0.39, 0.29) is 5.82 Å². The van der Waals surface area contributed by atoms with E-state index in [1.54, 1.807) is 30.3 Å². The minimum Gasteiger partial charge on any atom is -0.488 e. The first-order chi connectivity index (χ1) is 9.49. The van der Waals surface area contributed by atoms with Crippen LogP contribution in [0.4, 0.5) is 5.69 Å². The normalized spacial score (nSPS) is 10.8. The Kier molecular flexibility index (Phi) is 3.81. The van der Waals surface area contributed by atoms with Gasteiger partial charge < -0.3 is 10.1 Å². The zero-order valence-electron chi connectivity index (χ0n) is 9.91. The van der Waals surface area contributed by atoms with E-state index in [9.17, 15) is 20.0 Å². The smallest absolute Gasteiger partial charge is 0.395 e. The van der Waals surface area contributed by atoms with Crippen molar-refractivity contribution in [2.24, 2.45) is 0 Å². The Balaban J connectivity index is 2.39.